The van der Waals surface area contributed by atoms with E-state index in [1.807, 2.05) is 6.07 Å². The van der Waals surface area contributed by atoms with Crippen molar-refractivity contribution in [1.29, 1.82) is 0 Å². The van der Waals surface area contributed by atoms with Crippen molar-refractivity contribution in [2.24, 2.45) is 0 Å². The summed E-state index contributed by atoms with van der Waals surface area (Å²) in [6.45, 7) is 0.360. The van der Waals surface area contributed by atoms with Crippen LogP contribution in [0, 0.1) is 0 Å². The van der Waals surface area contributed by atoms with E-state index in [9.17, 15) is 15.3 Å². The Morgan fingerprint density at radius 1 is 1.04 bits per heavy atom. The maximum Gasteiger partial charge on any atom is 0.219 e. The fourth-order valence-electron chi connectivity index (χ4n) is 2.99. The van der Waals surface area contributed by atoms with Crippen LogP contribution in [0.4, 0.5) is 0 Å². The van der Waals surface area contributed by atoms with Gasteiger partial charge in [0.25, 0.3) is 0 Å². The van der Waals surface area contributed by atoms with Gasteiger partial charge in [0.15, 0.2) is 0 Å². The predicted molar refractivity (Wildman–Crippen MR) is 90.4 cm³/mol. The maximum absolute atomic E-state index is 9.82. The molecule has 0 unspecified atom stereocenters. The summed E-state index contributed by atoms with van der Waals surface area (Å²) in [7, 11) is 0. The summed E-state index contributed by atoms with van der Waals surface area (Å²) >= 11 is 0. The molecule has 5 N–H and O–H groups in total. The second kappa shape index (κ2) is 9.46. The average molecular weight is 339 g/mol. The highest BCUT2D eigenvalue weighted by atomic mass is 16.7. The van der Waals surface area contributed by atoms with Crippen LogP contribution in [0.15, 0.2) is 30.3 Å². The van der Waals surface area contributed by atoms with Gasteiger partial charge in [-0.05, 0) is 31.4 Å². The molecule has 1 aliphatic heterocycles. The predicted octanol–water partition coefficient (Wildman–Crippen LogP) is 0.181. The van der Waals surface area contributed by atoms with Crippen molar-refractivity contribution >= 4 is 0 Å². The van der Waals surface area contributed by atoms with E-state index in [0.717, 1.165) is 25.8 Å². The van der Waals surface area contributed by atoms with Crippen LogP contribution in [0.25, 0.3) is 0 Å². The SMILES string of the molecule is OC[C@]1(O)O[C@H](CNCCCCCCc2ccccc2)[C@H](O)[C@H]1O. The lowest BCUT2D eigenvalue weighted by Crippen LogP contribution is -2.46. The zero-order valence-corrected chi connectivity index (χ0v) is 14.0. The van der Waals surface area contributed by atoms with Gasteiger partial charge in [0.2, 0.25) is 5.79 Å². The molecular formula is C18H29NO5. The van der Waals surface area contributed by atoms with Gasteiger partial charge in [-0.2, -0.15) is 0 Å². The molecule has 1 aliphatic rings. The van der Waals surface area contributed by atoms with Crippen molar-refractivity contribution in [2.45, 2.75) is 56.2 Å². The van der Waals surface area contributed by atoms with Gasteiger partial charge in [0.1, 0.15) is 18.3 Å². The average Bonchev–Trinajstić information content (AvgIpc) is 2.83. The molecule has 4 atom stereocenters. The minimum absolute atomic E-state index is 0.324. The lowest BCUT2D eigenvalue weighted by molar-refractivity contribution is -0.245. The first-order valence-electron chi connectivity index (χ1n) is 8.68. The summed E-state index contributed by atoms with van der Waals surface area (Å²) in [5.41, 5.74) is 1.37. The molecule has 2 rings (SSSR count). The number of nitrogens with one attached hydrogen (secondary N) is 1. The van der Waals surface area contributed by atoms with Gasteiger partial charge in [-0.15, -0.1) is 0 Å². The van der Waals surface area contributed by atoms with Crippen LogP contribution in [-0.2, 0) is 11.2 Å². The number of aliphatic hydroxyl groups is 4. The zero-order valence-electron chi connectivity index (χ0n) is 14.0. The number of unbranched alkanes of at least 4 members (excludes halogenated alkanes) is 3. The molecule has 0 aliphatic carbocycles. The summed E-state index contributed by atoms with van der Waals surface area (Å²) in [5, 5.41) is 41.5. The van der Waals surface area contributed by atoms with E-state index in [1.54, 1.807) is 0 Å². The van der Waals surface area contributed by atoms with Crippen LogP contribution < -0.4 is 5.32 Å². The van der Waals surface area contributed by atoms with Crippen molar-refractivity contribution < 1.29 is 25.2 Å². The van der Waals surface area contributed by atoms with Crippen molar-refractivity contribution in [1.82, 2.24) is 5.32 Å². The van der Waals surface area contributed by atoms with Crippen LogP contribution >= 0.6 is 0 Å². The summed E-state index contributed by atoms with van der Waals surface area (Å²) in [5.74, 6) is -2.07. The third-order valence-corrected chi connectivity index (χ3v) is 4.51. The summed E-state index contributed by atoms with van der Waals surface area (Å²) < 4.78 is 5.16. The van der Waals surface area contributed by atoms with E-state index in [4.69, 9.17) is 9.84 Å². The highest BCUT2D eigenvalue weighted by Crippen LogP contribution is 2.28. The first-order valence-corrected chi connectivity index (χ1v) is 8.68. The summed E-state index contributed by atoms with van der Waals surface area (Å²) in [6.07, 6.45) is 2.16. The molecule has 0 saturated carbocycles. The Labute approximate surface area is 143 Å². The Balaban J connectivity index is 1.51. The summed E-state index contributed by atoms with van der Waals surface area (Å²) in [6, 6.07) is 10.5. The number of hydrogen-bond acceptors (Lipinski definition) is 6. The van der Waals surface area contributed by atoms with E-state index in [2.05, 4.69) is 29.6 Å². The third kappa shape index (κ3) is 5.24. The van der Waals surface area contributed by atoms with Crippen molar-refractivity contribution in [3.05, 3.63) is 35.9 Å². The molecule has 0 aromatic heterocycles. The number of aryl methyl sites for hydroxylation is 1. The monoisotopic (exact) mass is 339 g/mol. The lowest BCUT2D eigenvalue weighted by Gasteiger charge is -2.22. The highest BCUT2D eigenvalue weighted by Gasteiger charge is 2.52. The lowest BCUT2D eigenvalue weighted by atomic mass is 10.1. The first-order chi connectivity index (χ1) is 11.6. The Hall–Kier alpha value is -1.02. The van der Waals surface area contributed by atoms with Gasteiger partial charge in [0.05, 0.1) is 6.61 Å². The van der Waals surface area contributed by atoms with Crippen molar-refractivity contribution in [3.8, 4) is 0 Å². The van der Waals surface area contributed by atoms with E-state index in [0.29, 0.717) is 6.54 Å². The molecule has 0 amide bonds. The fourth-order valence-corrected chi connectivity index (χ4v) is 2.99. The van der Waals surface area contributed by atoms with Gasteiger partial charge in [-0.1, -0.05) is 43.2 Å². The number of aliphatic hydroxyl groups excluding tert-OH is 3. The fraction of sp³-hybridized carbons (Fsp3) is 0.667. The smallest absolute Gasteiger partial charge is 0.219 e. The summed E-state index contributed by atoms with van der Waals surface area (Å²) in [4.78, 5) is 0. The van der Waals surface area contributed by atoms with Crippen LogP contribution in [-0.4, -0.2) is 64.2 Å². The second-order valence-electron chi connectivity index (χ2n) is 6.45. The van der Waals surface area contributed by atoms with Gasteiger partial charge in [-0.25, -0.2) is 0 Å². The maximum atomic E-state index is 9.82. The Morgan fingerprint density at radius 2 is 1.75 bits per heavy atom. The highest BCUT2D eigenvalue weighted by molar-refractivity contribution is 5.14. The second-order valence-corrected chi connectivity index (χ2v) is 6.45. The molecule has 1 heterocycles. The number of benzene rings is 1. The van der Waals surface area contributed by atoms with Crippen molar-refractivity contribution in [3.63, 3.8) is 0 Å². The topological polar surface area (TPSA) is 102 Å². The number of hydrogen-bond donors (Lipinski definition) is 5. The molecule has 1 aromatic carbocycles. The largest absolute Gasteiger partial charge is 0.391 e. The standard InChI is InChI=1S/C18H29NO5/c20-13-18(23)17(22)16(21)15(24-18)12-19-11-7-2-1-4-8-14-9-5-3-6-10-14/h3,5-6,9-10,15-17,19-23H,1-2,4,7-8,11-13H2/t15-,16+,17-,18+/m1/s1. The molecule has 1 aromatic rings. The van der Waals surface area contributed by atoms with Gasteiger partial charge in [0, 0.05) is 6.54 Å². The van der Waals surface area contributed by atoms with Gasteiger partial charge >= 0.3 is 0 Å². The third-order valence-electron chi connectivity index (χ3n) is 4.51. The van der Waals surface area contributed by atoms with E-state index in [-0.39, 0.29) is 0 Å². The van der Waals surface area contributed by atoms with Crippen LogP contribution in [0.1, 0.15) is 31.2 Å². The Bertz CT molecular complexity index is 472. The molecule has 0 radical (unpaired) electrons. The molecular weight excluding hydrogens is 310 g/mol. The van der Waals surface area contributed by atoms with E-state index < -0.39 is 30.7 Å². The minimum Gasteiger partial charge on any atom is -0.391 e. The normalized spacial score (nSPS) is 29.9. The van der Waals surface area contributed by atoms with Crippen LogP contribution in [0.5, 0.6) is 0 Å². The molecule has 0 spiro atoms. The first kappa shape index (κ1) is 19.3. The van der Waals surface area contributed by atoms with Gasteiger partial charge in [-0.3, -0.25) is 0 Å². The van der Waals surface area contributed by atoms with Crippen LogP contribution in [0.3, 0.4) is 0 Å². The van der Waals surface area contributed by atoms with Crippen molar-refractivity contribution in [2.75, 3.05) is 19.7 Å². The van der Waals surface area contributed by atoms with Crippen LogP contribution in [0.2, 0.25) is 0 Å². The Kier molecular flexibility index (Phi) is 7.61. The Morgan fingerprint density at radius 3 is 2.42 bits per heavy atom. The molecule has 6 nitrogen and oxygen atoms in total. The molecule has 136 valence electrons. The number of rotatable bonds is 10. The van der Waals surface area contributed by atoms with E-state index in [1.165, 1.54) is 18.4 Å². The molecule has 1 fully saturated rings. The molecule has 24 heavy (non-hydrogen) atoms. The quantitative estimate of drug-likeness (QED) is 0.390. The zero-order chi connectivity index (χ0) is 17.4. The van der Waals surface area contributed by atoms with Gasteiger partial charge < -0.3 is 30.5 Å². The molecule has 6 heteroatoms. The molecule has 0 bridgehead atoms. The minimum atomic E-state index is -2.07. The van der Waals surface area contributed by atoms with E-state index >= 15 is 0 Å². The molecule has 1 saturated heterocycles. The number of ether oxygens (including phenoxy) is 1.